The van der Waals surface area contributed by atoms with E-state index in [1.54, 1.807) is 6.33 Å². The summed E-state index contributed by atoms with van der Waals surface area (Å²) in [6, 6.07) is 4.31. The minimum Gasteiger partial charge on any atom is -0.371 e. The fourth-order valence-electron chi connectivity index (χ4n) is 3.83. The number of hydrogen-bond acceptors (Lipinski definition) is 5. The highest BCUT2D eigenvalue weighted by atomic mass is 15.3. The highest BCUT2D eigenvalue weighted by molar-refractivity contribution is 5.50. The summed E-state index contributed by atoms with van der Waals surface area (Å²) >= 11 is 0. The first-order chi connectivity index (χ1) is 10.7. The van der Waals surface area contributed by atoms with Crippen LogP contribution in [0.25, 0.3) is 0 Å². The summed E-state index contributed by atoms with van der Waals surface area (Å²) in [6.07, 6.45) is 5.47. The van der Waals surface area contributed by atoms with E-state index in [4.69, 9.17) is 0 Å². The Labute approximate surface area is 131 Å². The van der Waals surface area contributed by atoms with E-state index in [0.717, 1.165) is 49.5 Å². The van der Waals surface area contributed by atoms with Gasteiger partial charge in [0.05, 0.1) is 0 Å². The van der Waals surface area contributed by atoms with E-state index in [0.29, 0.717) is 0 Å². The van der Waals surface area contributed by atoms with Gasteiger partial charge in [-0.25, -0.2) is 9.97 Å². The van der Waals surface area contributed by atoms with Crippen molar-refractivity contribution in [3.63, 3.8) is 0 Å². The SMILES string of the molecule is Cc1cc(N2CC3CN(c4ncncc4C)CC3C2)ccn1. The van der Waals surface area contributed by atoms with E-state index in [1.807, 2.05) is 12.4 Å². The van der Waals surface area contributed by atoms with Gasteiger partial charge in [-0.2, -0.15) is 0 Å². The first-order valence-corrected chi connectivity index (χ1v) is 7.90. The van der Waals surface area contributed by atoms with Gasteiger partial charge < -0.3 is 9.80 Å². The van der Waals surface area contributed by atoms with Crippen molar-refractivity contribution in [2.24, 2.45) is 11.8 Å². The van der Waals surface area contributed by atoms with Crippen LogP contribution in [-0.2, 0) is 0 Å². The molecule has 2 aliphatic rings. The number of aromatic nitrogens is 3. The number of aryl methyl sites for hydroxylation is 2. The molecule has 0 aromatic carbocycles. The van der Waals surface area contributed by atoms with Crippen LogP contribution in [0, 0.1) is 25.7 Å². The fourth-order valence-corrected chi connectivity index (χ4v) is 3.83. The van der Waals surface area contributed by atoms with Gasteiger partial charge in [-0.1, -0.05) is 0 Å². The Bertz CT molecular complexity index is 672. The van der Waals surface area contributed by atoms with Gasteiger partial charge in [0.25, 0.3) is 0 Å². The molecule has 2 saturated heterocycles. The number of nitrogens with zero attached hydrogens (tertiary/aromatic N) is 5. The predicted octanol–water partition coefficient (Wildman–Crippen LogP) is 2.06. The predicted molar refractivity (Wildman–Crippen MR) is 87.1 cm³/mol. The van der Waals surface area contributed by atoms with Gasteiger partial charge in [0.15, 0.2) is 0 Å². The molecule has 2 aliphatic heterocycles. The maximum absolute atomic E-state index is 4.47. The second-order valence-corrected chi connectivity index (χ2v) is 6.51. The van der Waals surface area contributed by atoms with E-state index in [1.165, 1.54) is 11.3 Å². The van der Waals surface area contributed by atoms with Crippen molar-refractivity contribution in [3.05, 3.63) is 42.1 Å². The molecule has 0 bridgehead atoms. The van der Waals surface area contributed by atoms with E-state index >= 15 is 0 Å². The zero-order valence-electron chi connectivity index (χ0n) is 13.1. The molecule has 4 heterocycles. The molecule has 0 aliphatic carbocycles. The molecule has 0 spiro atoms. The quantitative estimate of drug-likeness (QED) is 0.848. The monoisotopic (exact) mass is 295 g/mol. The fraction of sp³-hybridized carbons (Fsp3) is 0.471. The van der Waals surface area contributed by atoms with E-state index in [9.17, 15) is 0 Å². The minimum atomic E-state index is 0.725. The van der Waals surface area contributed by atoms with Crippen LogP contribution < -0.4 is 9.80 Å². The summed E-state index contributed by atoms with van der Waals surface area (Å²) in [5, 5.41) is 0. The zero-order valence-corrected chi connectivity index (χ0v) is 13.1. The lowest BCUT2D eigenvalue weighted by molar-refractivity contribution is 0.533. The minimum absolute atomic E-state index is 0.725. The summed E-state index contributed by atoms with van der Waals surface area (Å²) < 4.78 is 0. The average molecular weight is 295 g/mol. The summed E-state index contributed by atoms with van der Waals surface area (Å²) in [5.41, 5.74) is 3.57. The molecule has 2 unspecified atom stereocenters. The Morgan fingerprint density at radius 2 is 1.73 bits per heavy atom. The van der Waals surface area contributed by atoms with Crippen LogP contribution in [0.2, 0.25) is 0 Å². The summed E-state index contributed by atoms with van der Waals surface area (Å²) in [7, 11) is 0. The summed E-state index contributed by atoms with van der Waals surface area (Å²) in [5.74, 6) is 2.56. The van der Waals surface area contributed by atoms with Gasteiger partial charge in [0.2, 0.25) is 0 Å². The highest BCUT2D eigenvalue weighted by Gasteiger charge is 2.40. The molecular weight excluding hydrogens is 274 g/mol. The number of anilines is 2. The molecule has 0 saturated carbocycles. The molecule has 0 amide bonds. The van der Waals surface area contributed by atoms with Crippen LogP contribution in [-0.4, -0.2) is 41.1 Å². The second kappa shape index (κ2) is 5.23. The molecule has 2 atom stereocenters. The number of pyridine rings is 1. The standard InChI is InChI=1S/C17H21N5/c1-12-6-18-11-20-17(12)22-9-14-7-21(8-15(14)10-22)16-3-4-19-13(2)5-16/h3-6,11,14-15H,7-10H2,1-2H3. The maximum atomic E-state index is 4.47. The lowest BCUT2D eigenvalue weighted by Gasteiger charge is -2.24. The smallest absolute Gasteiger partial charge is 0.134 e. The van der Waals surface area contributed by atoms with Crippen LogP contribution in [0.4, 0.5) is 11.5 Å². The first-order valence-electron chi connectivity index (χ1n) is 7.90. The van der Waals surface area contributed by atoms with Crippen LogP contribution in [0.3, 0.4) is 0 Å². The van der Waals surface area contributed by atoms with E-state index < -0.39 is 0 Å². The molecule has 0 radical (unpaired) electrons. The Morgan fingerprint density at radius 3 is 2.41 bits per heavy atom. The van der Waals surface area contributed by atoms with Crippen LogP contribution in [0.5, 0.6) is 0 Å². The van der Waals surface area contributed by atoms with Crippen molar-refractivity contribution in [3.8, 4) is 0 Å². The normalized spacial score (nSPS) is 23.9. The Balaban J connectivity index is 1.48. The summed E-state index contributed by atoms with van der Waals surface area (Å²) in [6.45, 7) is 8.62. The molecule has 0 N–H and O–H groups in total. The van der Waals surface area contributed by atoms with Gasteiger partial charge in [-0.3, -0.25) is 4.98 Å². The largest absolute Gasteiger partial charge is 0.371 e. The molecule has 2 aromatic rings. The van der Waals surface area contributed by atoms with E-state index in [-0.39, 0.29) is 0 Å². The van der Waals surface area contributed by atoms with Crippen molar-refractivity contribution in [1.82, 2.24) is 15.0 Å². The third-order valence-corrected chi connectivity index (χ3v) is 4.90. The van der Waals surface area contributed by atoms with Crippen molar-refractivity contribution in [2.45, 2.75) is 13.8 Å². The third kappa shape index (κ3) is 2.30. The number of rotatable bonds is 2. The molecule has 5 heteroatoms. The molecule has 22 heavy (non-hydrogen) atoms. The van der Waals surface area contributed by atoms with Crippen LogP contribution in [0.1, 0.15) is 11.3 Å². The first kappa shape index (κ1) is 13.5. The Hall–Kier alpha value is -2.17. The van der Waals surface area contributed by atoms with Gasteiger partial charge >= 0.3 is 0 Å². The van der Waals surface area contributed by atoms with Gasteiger partial charge in [-0.05, 0) is 26.0 Å². The Morgan fingerprint density at radius 1 is 1.00 bits per heavy atom. The van der Waals surface area contributed by atoms with Crippen LogP contribution in [0.15, 0.2) is 30.9 Å². The number of fused-ring (bicyclic) bond motifs is 1. The Kier molecular flexibility index (Phi) is 3.21. The van der Waals surface area contributed by atoms with Gasteiger partial charge in [0, 0.05) is 67.4 Å². The van der Waals surface area contributed by atoms with Crippen LogP contribution >= 0.6 is 0 Å². The van der Waals surface area contributed by atoms with Crippen molar-refractivity contribution in [2.75, 3.05) is 36.0 Å². The maximum Gasteiger partial charge on any atom is 0.134 e. The van der Waals surface area contributed by atoms with Crippen molar-refractivity contribution < 1.29 is 0 Å². The zero-order chi connectivity index (χ0) is 15.1. The van der Waals surface area contributed by atoms with Gasteiger partial charge in [0.1, 0.15) is 12.1 Å². The van der Waals surface area contributed by atoms with Crippen molar-refractivity contribution in [1.29, 1.82) is 0 Å². The molecule has 2 fully saturated rings. The van der Waals surface area contributed by atoms with Gasteiger partial charge in [-0.15, -0.1) is 0 Å². The molecule has 114 valence electrons. The lowest BCUT2D eigenvalue weighted by Crippen LogP contribution is -2.29. The second-order valence-electron chi connectivity index (χ2n) is 6.51. The van der Waals surface area contributed by atoms with E-state index in [2.05, 4.69) is 50.7 Å². The van der Waals surface area contributed by atoms with Crippen molar-refractivity contribution >= 4 is 11.5 Å². The lowest BCUT2D eigenvalue weighted by atomic mass is 10.0. The topological polar surface area (TPSA) is 45.2 Å². The molecule has 4 rings (SSSR count). The highest BCUT2D eigenvalue weighted by Crippen LogP contribution is 2.36. The molecule has 2 aromatic heterocycles. The average Bonchev–Trinajstić information content (AvgIpc) is 3.06. The summed E-state index contributed by atoms with van der Waals surface area (Å²) in [4.78, 5) is 17.8. The number of hydrogen-bond donors (Lipinski definition) is 0. The molecular formula is C17H21N5. The third-order valence-electron chi connectivity index (χ3n) is 4.90. The molecule has 5 nitrogen and oxygen atoms in total.